The molecule has 0 rings (SSSR count). The second-order valence-electron chi connectivity index (χ2n) is 3.03. The van der Waals surface area contributed by atoms with Crippen LogP contribution in [-0.2, 0) is 0 Å². The molecule has 0 aromatic carbocycles. The van der Waals surface area contributed by atoms with Crippen molar-refractivity contribution < 1.29 is 0 Å². The minimum Gasteiger partial charge on any atom is -0.0654 e. The maximum absolute atomic E-state index is 2.27. The number of hydrogen-bond donors (Lipinski definition) is 0. The van der Waals surface area contributed by atoms with E-state index in [2.05, 4.69) is 34.1 Å². The molecule has 0 spiro atoms. The van der Waals surface area contributed by atoms with Crippen molar-refractivity contribution in [1.29, 1.82) is 0 Å². The van der Waals surface area contributed by atoms with Crippen LogP contribution < -0.4 is 0 Å². The van der Waals surface area contributed by atoms with E-state index in [0.717, 1.165) is 0 Å². The van der Waals surface area contributed by atoms with Gasteiger partial charge in [-0.15, -0.1) is 0 Å². The molecule has 1 radical (unpaired) electrons. The van der Waals surface area contributed by atoms with Crippen molar-refractivity contribution in [3.05, 3.63) is 6.42 Å². The fraction of sp³-hybridized carbons (Fsp3) is 0.875. The fourth-order valence-electron chi connectivity index (χ4n) is 0.789. The molecule has 0 fully saturated rings. The van der Waals surface area contributed by atoms with Crippen LogP contribution in [0.15, 0.2) is 0 Å². The van der Waals surface area contributed by atoms with Crippen LogP contribution in [-0.4, -0.2) is 0 Å². The van der Waals surface area contributed by atoms with Gasteiger partial charge in [-0.1, -0.05) is 34.1 Å². The highest BCUT2D eigenvalue weighted by Crippen LogP contribution is 2.24. The monoisotopic (exact) mass is 113 g/mol. The summed E-state index contributed by atoms with van der Waals surface area (Å²) >= 11 is 0. The molecule has 0 aliphatic carbocycles. The van der Waals surface area contributed by atoms with Crippen LogP contribution in [0.25, 0.3) is 0 Å². The van der Waals surface area contributed by atoms with Gasteiger partial charge in [0.05, 0.1) is 0 Å². The third-order valence-corrected chi connectivity index (χ3v) is 1.68. The smallest absolute Gasteiger partial charge is 0.0326 e. The van der Waals surface area contributed by atoms with Crippen molar-refractivity contribution in [2.45, 2.75) is 40.5 Å². The normalized spacial score (nSPS) is 12.0. The molecule has 0 aromatic rings. The van der Waals surface area contributed by atoms with Crippen LogP contribution in [0.2, 0.25) is 0 Å². The van der Waals surface area contributed by atoms with E-state index in [0.29, 0.717) is 5.41 Å². The molecule has 0 aliphatic heterocycles. The van der Waals surface area contributed by atoms with E-state index >= 15 is 0 Å². The first-order valence-corrected chi connectivity index (χ1v) is 3.43. The first kappa shape index (κ1) is 8.00. The van der Waals surface area contributed by atoms with Gasteiger partial charge >= 0.3 is 0 Å². The first-order valence-electron chi connectivity index (χ1n) is 3.43. The van der Waals surface area contributed by atoms with Crippen molar-refractivity contribution in [3.8, 4) is 0 Å². The molecule has 0 unspecified atom stereocenters. The summed E-state index contributed by atoms with van der Waals surface area (Å²) in [5.41, 5.74) is 0.467. The van der Waals surface area contributed by atoms with E-state index < -0.39 is 0 Å². The third-order valence-electron chi connectivity index (χ3n) is 1.68. The molecule has 0 heterocycles. The van der Waals surface area contributed by atoms with Gasteiger partial charge in [-0.05, 0) is 18.3 Å². The van der Waals surface area contributed by atoms with E-state index in [1.165, 1.54) is 12.8 Å². The summed E-state index contributed by atoms with van der Waals surface area (Å²) in [4.78, 5) is 0. The zero-order valence-electron chi connectivity index (χ0n) is 6.49. The molecule has 0 amide bonds. The highest BCUT2D eigenvalue weighted by atomic mass is 14.2. The maximum atomic E-state index is 2.27. The predicted octanol–water partition coefficient (Wildman–Crippen LogP) is 3.04. The molecular formula is C8H17. The molecule has 0 nitrogen and oxygen atoms in total. The fourth-order valence-corrected chi connectivity index (χ4v) is 0.789. The van der Waals surface area contributed by atoms with Gasteiger partial charge in [0, 0.05) is 0 Å². The average molecular weight is 113 g/mol. The molecule has 0 bridgehead atoms. The summed E-state index contributed by atoms with van der Waals surface area (Å²) in [6, 6.07) is 0. The van der Waals surface area contributed by atoms with Crippen LogP contribution in [0.3, 0.4) is 0 Å². The van der Waals surface area contributed by atoms with Gasteiger partial charge in [0.15, 0.2) is 0 Å². The molecule has 49 valence electrons. The van der Waals surface area contributed by atoms with Gasteiger partial charge in [0.1, 0.15) is 0 Å². The van der Waals surface area contributed by atoms with Crippen LogP contribution >= 0.6 is 0 Å². The Morgan fingerprint density at radius 2 is 1.88 bits per heavy atom. The third kappa shape index (κ3) is 3.06. The highest BCUT2D eigenvalue weighted by molar-refractivity contribution is 4.79. The van der Waals surface area contributed by atoms with Crippen molar-refractivity contribution in [2.24, 2.45) is 5.41 Å². The van der Waals surface area contributed by atoms with E-state index in [1.807, 2.05) is 0 Å². The second kappa shape index (κ2) is 3.11. The number of hydrogen-bond acceptors (Lipinski definition) is 0. The average Bonchev–Trinajstić information content (AvgIpc) is 1.67. The number of rotatable bonds is 3. The topological polar surface area (TPSA) is 0 Å². The Bertz CT molecular complexity index is 53.1. The van der Waals surface area contributed by atoms with Crippen molar-refractivity contribution in [3.63, 3.8) is 0 Å². The predicted molar refractivity (Wildman–Crippen MR) is 38.7 cm³/mol. The Balaban J connectivity index is 3.37. The van der Waals surface area contributed by atoms with Gasteiger partial charge in [-0.2, -0.15) is 0 Å². The lowest BCUT2D eigenvalue weighted by atomic mass is 9.86. The Labute approximate surface area is 53.3 Å². The zero-order valence-corrected chi connectivity index (χ0v) is 6.49. The highest BCUT2D eigenvalue weighted by Gasteiger charge is 2.12. The summed E-state index contributed by atoms with van der Waals surface area (Å²) < 4.78 is 0. The minimum absolute atomic E-state index is 0.467. The van der Waals surface area contributed by atoms with E-state index in [1.54, 1.807) is 0 Å². The molecule has 0 atom stereocenters. The van der Waals surface area contributed by atoms with Crippen LogP contribution in [0.1, 0.15) is 40.5 Å². The van der Waals surface area contributed by atoms with Crippen LogP contribution in [0, 0.1) is 11.8 Å². The van der Waals surface area contributed by atoms with Crippen LogP contribution in [0.5, 0.6) is 0 Å². The minimum atomic E-state index is 0.467. The summed E-state index contributed by atoms with van der Waals surface area (Å²) in [7, 11) is 0. The zero-order chi connectivity index (χ0) is 6.62. The second-order valence-corrected chi connectivity index (χ2v) is 3.03. The standard InChI is InChI=1S/C8H17/c1-5-7-8(3,4)6-2/h6H,5,7H2,1-4H3. The lowest BCUT2D eigenvalue weighted by Crippen LogP contribution is -2.08. The lowest BCUT2D eigenvalue weighted by Gasteiger charge is -2.20. The molecular weight excluding hydrogens is 96.1 g/mol. The summed E-state index contributed by atoms with van der Waals surface area (Å²) in [6.07, 6.45) is 4.87. The SMILES string of the molecule is C[CH]C(C)(C)CCC. The van der Waals surface area contributed by atoms with Gasteiger partial charge in [0.25, 0.3) is 0 Å². The Morgan fingerprint density at radius 1 is 1.38 bits per heavy atom. The lowest BCUT2D eigenvalue weighted by molar-refractivity contribution is 0.396. The Morgan fingerprint density at radius 3 is 2.00 bits per heavy atom. The molecule has 0 heteroatoms. The maximum Gasteiger partial charge on any atom is -0.0326 e. The van der Waals surface area contributed by atoms with Crippen LogP contribution in [0.4, 0.5) is 0 Å². The molecule has 0 aliphatic rings. The van der Waals surface area contributed by atoms with Gasteiger partial charge in [0.2, 0.25) is 0 Å². The van der Waals surface area contributed by atoms with E-state index in [4.69, 9.17) is 0 Å². The molecule has 8 heavy (non-hydrogen) atoms. The molecule has 0 saturated carbocycles. The van der Waals surface area contributed by atoms with Gasteiger partial charge in [-0.25, -0.2) is 0 Å². The summed E-state index contributed by atoms with van der Waals surface area (Å²) in [5, 5.41) is 0. The van der Waals surface area contributed by atoms with Gasteiger partial charge in [-0.3, -0.25) is 0 Å². The van der Waals surface area contributed by atoms with Crippen molar-refractivity contribution in [1.82, 2.24) is 0 Å². The van der Waals surface area contributed by atoms with Crippen molar-refractivity contribution in [2.75, 3.05) is 0 Å². The quantitative estimate of drug-likeness (QED) is 0.527. The van der Waals surface area contributed by atoms with E-state index in [9.17, 15) is 0 Å². The van der Waals surface area contributed by atoms with E-state index in [-0.39, 0.29) is 0 Å². The molecule has 0 N–H and O–H groups in total. The Hall–Kier alpha value is 0. The van der Waals surface area contributed by atoms with Crippen molar-refractivity contribution >= 4 is 0 Å². The molecule has 0 saturated heterocycles. The Kier molecular flexibility index (Phi) is 3.11. The summed E-state index contributed by atoms with van der Waals surface area (Å²) in [5.74, 6) is 0. The first-order chi connectivity index (χ1) is 3.62. The van der Waals surface area contributed by atoms with Gasteiger partial charge < -0.3 is 0 Å². The largest absolute Gasteiger partial charge is 0.0654 e. The molecule has 0 aromatic heterocycles. The summed E-state index contributed by atoms with van der Waals surface area (Å²) in [6.45, 7) is 8.91.